The Balaban J connectivity index is 1.34. The van der Waals surface area contributed by atoms with Gasteiger partial charge in [0.25, 0.3) is 0 Å². The number of aryl methyl sites for hydroxylation is 1. The molecule has 0 aliphatic carbocycles. The number of piperidine rings is 1. The minimum absolute atomic E-state index is 0.0309. The number of fused-ring (bicyclic) bond motifs is 1. The standard InChI is InChI=1S/C24H28N4O2/c1-2-6-18-9-11-19(12-10-18)21(29)13-14-23(30)27-15-5-7-20(17-27)24-26-25-22-8-3-4-16-28(22)24/h3-4,8-12,16,20H,2,5-7,13-15,17H2,1H3/t20-/m1/s1. The van der Waals surface area contributed by atoms with Gasteiger partial charge in [-0.2, -0.15) is 0 Å². The highest BCUT2D eigenvalue weighted by Crippen LogP contribution is 2.26. The van der Waals surface area contributed by atoms with Crippen LogP contribution in [0.1, 0.15) is 66.7 Å². The number of carbonyl (C=O) groups excluding carboxylic acids is 2. The number of amides is 1. The monoisotopic (exact) mass is 404 g/mol. The van der Waals surface area contributed by atoms with E-state index >= 15 is 0 Å². The fourth-order valence-corrected chi connectivity index (χ4v) is 4.22. The molecule has 2 aromatic heterocycles. The predicted octanol–water partition coefficient (Wildman–Crippen LogP) is 4.05. The van der Waals surface area contributed by atoms with Gasteiger partial charge in [-0.25, -0.2) is 0 Å². The number of Topliss-reactive ketones (excluding diaryl/α,β-unsaturated/α-hetero) is 1. The maximum absolute atomic E-state index is 12.8. The number of benzene rings is 1. The third-order valence-electron chi connectivity index (χ3n) is 5.86. The molecule has 1 atom stereocenters. The summed E-state index contributed by atoms with van der Waals surface area (Å²) < 4.78 is 2.00. The van der Waals surface area contributed by atoms with Gasteiger partial charge in [0, 0.05) is 43.6 Å². The first-order valence-electron chi connectivity index (χ1n) is 10.8. The Hall–Kier alpha value is -3.02. The molecule has 30 heavy (non-hydrogen) atoms. The van der Waals surface area contributed by atoms with Crippen LogP contribution in [0.3, 0.4) is 0 Å². The number of carbonyl (C=O) groups is 2. The molecule has 1 aliphatic rings. The van der Waals surface area contributed by atoms with Crippen LogP contribution >= 0.6 is 0 Å². The van der Waals surface area contributed by atoms with E-state index in [1.807, 2.05) is 58.0 Å². The third kappa shape index (κ3) is 4.42. The second-order valence-corrected chi connectivity index (χ2v) is 8.04. The average Bonchev–Trinajstić information content (AvgIpc) is 3.22. The fraction of sp³-hybridized carbons (Fsp3) is 0.417. The number of rotatable bonds is 7. The van der Waals surface area contributed by atoms with Crippen molar-refractivity contribution in [2.24, 2.45) is 0 Å². The van der Waals surface area contributed by atoms with Crippen LogP contribution in [0, 0.1) is 0 Å². The van der Waals surface area contributed by atoms with E-state index in [0.29, 0.717) is 12.1 Å². The van der Waals surface area contributed by atoms with Crippen molar-refractivity contribution < 1.29 is 9.59 Å². The first-order chi connectivity index (χ1) is 14.7. The summed E-state index contributed by atoms with van der Waals surface area (Å²) in [5.41, 5.74) is 2.76. The van der Waals surface area contributed by atoms with Gasteiger partial charge in [0.2, 0.25) is 5.91 Å². The summed E-state index contributed by atoms with van der Waals surface area (Å²) in [6, 6.07) is 13.6. The zero-order valence-electron chi connectivity index (χ0n) is 17.5. The van der Waals surface area contributed by atoms with Gasteiger partial charge >= 0.3 is 0 Å². The Morgan fingerprint density at radius 2 is 1.90 bits per heavy atom. The van der Waals surface area contributed by atoms with Gasteiger partial charge < -0.3 is 4.90 Å². The Bertz CT molecular complexity index is 1030. The molecule has 0 bridgehead atoms. The van der Waals surface area contributed by atoms with Crippen molar-refractivity contribution in [1.29, 1.82) is 0 Å². The van der Waals surface area contributed by atoms with Gasteiger partial charge in [0.15, 0.2) is 11.4 Å². The summed E-state index contributed by atoms with van der Waals surface area (Å²) in [6.45, 7) is 3.52. The number of pyridine rings is 1. The molecule has 6 heteroatoms. The van der Waals surface area contributed by atoms with Crippen molar-refractivity contribution in [3.05, 3.63) is 65.6 Å². The molecule has 1 aliphatic heterocycles. The van der Waals surface area contributed by atoms with Gasteiger partial charge in [-0.05, 0) is 37.0 Å². The molecule has 0 spiro atoms. The van der Waals surface area contributed by atoms with Crippen molar-refractivity contribution in [3.8, 4) is 0 Å². The molecule has 3 heterocycles. The van der Waals surface area contributed by atoms with Crippen LogP contribution in [0.2, 0.25) is 0 Å². The summed E-state index contributed by atoms with van der Waals surface area (Å²) >= 11 is 0. The van der Waals surface area contributed by atoms with E-state index < -0.39 is 0 Å². The van der Waals surface area contributed by atoms with Crippen LogP contribution in [0.25, 0.3) is 5.65 Å². The van der Waals surface area contributed by atoms with E-state index in [1.54, 1.807) is 0 Å². The third-order valence-corrected chi connectivity index (χ3v) is 5.86. The predicted molar refractivity (Wildman–Crippen MR) is 116 cm³/mol. The Morgan fingerprint density at radius 3 is 2.70 bits per heavy atom. The number of aromatic nitrogens is 3. The molecule has 4 rings (SSSR count). The molecular formula is C24H28N4O2. The van der Waals surface area contributed by atoms with Crippen LogP contribution in [0.15, 0.2) is 48.7 Å². The maximum Gasteiger partial charge on any atom is 0.223 e. The number of hydrogen-bond donors (Lipinski definition) is 0. The van der Waals surface area contributed by atoms with E-state index in [4.69, 9.17) is 0 Å². The molecule has 1 aromatic carbocycles. The van der Waals surface area contributed by atoms with Gasteiger partial charge in [0.1, 0.15) is 5.82 Å². The van der Waals surface area contributed by atoms with Gasteiger partial charge in [-0.15, -0.1) is 10.2 Å². The molecule has 1 fully saturated rings. The molecule has 0 N–H and O–H groups in total. The second-order valence-electron chi connectivity index (χ2n) is 8.04. The lowest BCUT2D eigenvalue weighted by atomic mass is 9.96. The van der Waals surface area contributed by atoms with Crippen molar-refractivity contribution in [3.63, 3.8) is 0 Å². The topological polar surface area (TPSA) is 67.6 Å². The normalized spacial score (nSPS) is 16.7. The quantitative estimate of drug-likeness (QED) is 0.557. The zero-order chi connectivity index (χ0) is 20.9. The lowest BCUT2D eigenvalue weighted by molar-refractivity contribution is -0.132. The smallest absolute Gasteiger partial charge is 0.223 e. The SMILES string of the molecule is CCCc1ccc(C(=O)CCC(=O)N2CCC[C@@H](c3nnc4ccccn34)C2)cc1. The number of ketones is 1. The van der Waals surface area contributed by atoms with Crippen LogP contribution in [0.5, 0.6) is 0 Å². The van der Waals surface area contributed by atoms with E-state index in [9.17, 15) is 9.59 Å². The van der Waals surface area contributed by atoms with Gasteiger partial charge in [-0.3, -0.25) is 14.0 Å². The summed E-state index contributed by atoms with van der Waals surface area (Å²) in [6.07, 6.45) is 6.50. The largest absolute Gasteiger partial charge is 0.342 e. The molecule has 6 nitrogen and oxygen atoms in total. The van der Waals surface area contributed by atoms with Crippen molar-refractivity contribution in [1.82, 2.24) is 19.5 Å². The van der Waals surface area contributed by atoms with Crippen LogP contribution in [-0.2, 0) is 11.2 Å². The molecule has 1 amide bonds. The molecule has 0 saturated carbocycles. The summed E-state index contributed by atoms with van der Waals surface area (Å²) in [5.74, 6) is 1.15. The van der Waals surface area contributed by atoms with Gasteiger partial charge in [0.05, 0.1) is 0 Å². The minimum atomic E-state index is 0.0309. The van der Waals surface area contributed by atoms with E-state index in [-0.39, 0.29) is 30.4 Å². The Morgan fingerprint density at radius 1 is 1.07 bits per heavy atom. The number of hydrogen-bond acceptors (Lipinski definition) is 4. The number of likely N-dealkylation sites (tertiary alicyclic amines) is 1. The van der Waals surface area contributed by atoms with Gasteiger partial charge in [-0.1, -0.05) is 43.7 Å². The highest BCUT2D eigenvalue weighted by molar-refractivity contribution is 5.98. The van der Waals surface area contributed by atoms with Crippen molar-refractivity contribution >= 4 is 17.3 Å². The summed E-state index contributed by atoms with van der Waals surface area (Å²) in [5, 5.41) is 8.61. The highest BCUT2D eigenvalue weighted by atomic mass is 16.2. The van der Waals surface area contributed by atoms with E-state index in [2.05, 4.69) is 17.1 Å². The molecule has 156 valence electrons. The molecule has 0 unspecified atom stereocenters. The van der Waals surface area contributed by atoms with Crippen LogP contribution < -0.4 is 0 Å². The Labute approximate surface area is 176 Å². The van der Waals surface area contributed by atoms with Crippen LogP contribution in [-0.4, -0.2) is 44.3 Å². The highest BCUT2D eigenvalue weighted by Gasteiger charge is 2.28. The zero-order valence-corrected chi connectivity index (χ0v) is 17.5. The molecular weight excluding hydrogens is 376 g/mol. The molecule has 0 radical (unpaired) electrons. The minimum Gasteiger partial charge on any atom is -0.342 e. The van der Waals surface area contributed by atoms with E-state index in [1.165, 1.54) is 5.56 Å². The van der Waals surface area contributed by atoms with Crippen molar-refractivity contribution in [2.75, 3.05) is 13.1 Å². The fourth-order valence-electron chi connectivity index (χ4n) is 4.22. The first kappa shape index (κ1) is 20.3. The maximum atomic E-state index is 12.8. The lowest BCUT2D eigenvalue weighted by Gasteiger charge is -2.32. The van der Waals surface area contributed by atoms with E-state index in [0.717, 1.165) is 43.7 Å². The second kappa shape index (κ2) is 9.20. The van der Waals surface area contributed by atoms with Crippen LogP contribution in [0.4, 0.5) is 0 Å². The average molecular weight is 405 g/mol. The first-order valence-corrected chi connectivity index (χ1v) is 10.8. The summed E-state index contributed by atoms with van der Waals surface area (Å²) in [7, 11) is 0. The lowest BCUT2D eigenvalue weighted by Crippen LogP contribution is -2.39. The molecule has 3 aromatic rings. The Kier molecular flexibility index (Phi) is 6.21. The number of nitrogens with zero attached hydrogens (tertiary/aromatic N) is 4. The van der Waals surface area contributed by atoms with Crippen molar-refractivity contribution in [2.45, 2.75) is 51.4 Å². The molecule has 1 saturated heterocycles. The summed E-state index contributed by atoms with van der Waals surface area (Å²) in [4.78, 5) is 27.2.